The summed E-state index contributed by atoms with van der Waals surface area (Å²) in [6.45, 7) is 5.44. The van der Waals surface area contributed by atoms with E-state index in [1.54, 1.807) is 0 Å². The molecule has 3 saturated heterocycles. The lowest BCUT2D eigenvalue weighted by Gasteiger charge is -2.26. The summed E-state index contributed by atoms with van der Waals surface area (Å²) >= 11 is 0. The molecule has 0 bridgehead atoms. The van der Waals surface area contributed by atoms with E-state index in [4.69, 9.17) is 9.47 Å². The topological polar surface area (TPSA) is 101 Å². The maximum absolute atomic E-state index is 13.8. The van der Waals surface area contributed by atoms with Crippen molar-refractivity contribution in [2.45, 2.75) is 63.7 Å². The van der Waals surface area contributed by atoms with Crippen LogP contribution in [-0.2, 0) is 22.4 Å². The van der Waals surface area contributed by atoms with Crippen molar-refractivity contribution in [1.82, 2.24) is 25.2 Å². The number of aromatic nitrogens is 3. The quantitative estimate of drug-likeness (QED) is 0.593. The van der Waals surface area contributed by atoms with Gasteiger partial charge in [-0.05, 0) is 98.8 Å². The molecule has 2 amide bonds. The Kier molecular flexibility index (Phi) is 7.24. The number of aryl methyl sites for hydroxylation is 1. The first kappa shape index (κ1) is 26.0. The summed E-state index contributed by atoms with van der Waals surface area (Å²) in [5.74, 6) is 3.25. The van der Waals surface area contributed by atoms with Gasteiger partial charge >= 0.3 is 0 Å². The number of hydrogen-bond donors (Lipinski definition) is 1. The number of fused-ring (bicyclic) bond motifs is 2. The molecule has 40 heavy (non-hydrogen) atoms. The third-order valence-corrected chi connectivity index (χ3v) is 9.99. The first-order valence-electron chi connectivity index (χ1n) is 15.4. The predicted octanol–water partition coefficient (Wildman–Crippen LogP) is 3.60. The van der Waals surface area contributed by atoms with Crippen LogP contribution in [0.2, 0.25) is 0 Å². The van der Waals surface area contributed by atoms with Crippen LogP contribution < -0.4 is 4.74 Å². The number of likely N-dealkylation sites (tertiary alicyclic amines) is 2. The van der Waals surface area contributed by atoms with Crippen molar-refractivity contribution in [3.63, 3.8) is 0 Å². The summed E-state index contributed by atoms with van der Waals surface area (Å²) in [6, 6.07) is 6.23. The van der Waals surface area contributed by atoms with Crippen LogP contribution in [0.3, 0.4) is 0 Å². The van der Waals surface area contributed by atoms with Gasteiger partial charge < -0.3 is 19.3 Å². The average molecular weight is 548 g/mol. The Morgan fingerprint density at radius 3 is 2.40 bits per heavy atom. The fraction of sp³-hybridized carbons (Fsp3) is 0.677. The third kappa shape index (κ3) is 5.49. The van der Waals surface area contributed by atoms with E-state index in [9.17, 15) is 9.59 Å². The highest BCUT2D eigenvalue weighted by Gasteiger charge is 2.40. The van der Waals surface area contributed by atoms with E-state index in [2.05, 4.69) is 32.4 Å². The summed E-state index contributed by atoms with van der Waals surface area (Å²) in [5, 5.41) is 11.2. The second-order valence-electron chi connectivity index (χ2n) is 12.7. The van der Waals surface area contributed by atoms with Crippen LogP contribution in [0.15, 0.2) is 18.2 Å². The minimum atomic E-state index is 0.0135. The van der Waals surface area contributed by atoms with E-state index in [0.29, 0.717) is 36.7 Å². The molecule has 0 radical (unpaired) electrons. The highest BCUT2D eigenvalue weighted by molar-refractivity contribution is 5.95. The van der Waals surface area contributed by atoms with E-state index in [-0.39, 0.29) is 17.7 Å². The summed E-state index contributed by atoms with van der Waals surface area (Å²) < 4.78 is 11.7. The van der Waals surface area contributed by atoms with E-state index >= 15 is 0 Å². The van der Waals surface area contributed by atoms with Gasteiger partial charge in [0.25, 0.3) is 5.91 Å². The van der Waals surface area contributed by atoms with E-state index in [1.807, 2.05) is 11.0 Å². The number of nitrogens with one attached hydrogen (secondary N) is 1. The normalized spacial score (nSPS) is 27.1. The molecule has 4 heterocycles. The van der Waals surface area contributed by atoms with Crippen molar-refractivity contribution in [1.29, 1.82) is 0 Å². The molecule has 1 aromatic carbocycles. The number of aromatic amines is 1. The van der Waals surface area contributed by atoms with Gasteiger partial charge in [0.15, 0.2) is 0 Å². The van der Waals surface area contributed by atoms with Gasteiger partial charge in [-0.25, -0.2) is 0 Å². The fourth-order valence-corrected chi connectivity index (χ4v) is 7.28. The lowest BCUT2D eigenvalue weighted by atomic mass is 9.89. The molecule has 2 aromatic rings. The number of hydrogen-bond acceptors (Lipinski definition) is 6. The van der Waals surface area contributed by atoms with Gasteiger partial charge in [0.1, 0.15) is 5.75 Å². The van der Waals surface area contributed by atoms with Crippen LogP contribution >= 0.6 is 0 Å². The Balaban J connectivity index is 0.969. The van der Waals surface area contributed by atoms with Crippen molar-refractivity contribution in [3.05, 3.63) is 40.7 Å². The number of carbonyl (C=O) groups is 2. The molecule has 1 saturated carbocycles. The smallest absolute Gasteiger partial charge is 0.253 e. The van der Waals surface area contributed by atoms with Crippen molar-refractivity contribution in [3.8, 4) is 5.75 Å². The van der Waals surface area contributed by atoms with E-state index in [1.165, 1.54) is 18.4 Å². The molecule has 3 atom stereocenters. The summed E-state index contributed by atoms with van der Waals surface area (Å²) in [5.41, 5.74) is 3.98. The largest absolute Gasteiger partial charge is 0.493 e. The number of nitrogens with zero attached hydrogens (tertiary/aromatic N) is 4. The third-order valence-electron chi connectivity index (χ3n) is 9.99. The molecule has 0 spiro atoms. The van der Waals surface area contributed by atoms with Crippen molar-refractivity contribution in [2.24, 2.45) is 23.7 Å². The molecule has 9 heteroatoms. The zero-order chi connectivity index (χ0) is 27.1. The Morgan fingerprint density at radius 2 is 1.65 bits per heavy atom. The van der Waals surface area contributed by atoms with Gasteiger partial charge in [0.2, 0.25) is 5.91 Å². The minimum absolute atomic E-state index is 0.0135. The maximum Gasteiger partial charge on any atom is 0.253 e. The molecule has 1 N–H and O–H groups in total. The number of ether oxygens (including phenoxy) is 2. The number of rotatable bonds is 6. The highest BCUT2D eigenvalue weighted by Crippen LogP contribution is 2.42. The monoisotopic (exact) mass is 547 g/mol. The van der Waals surface area contributed by atoms with Crippen LogP contribution in [0.4, 0.5) is 0 Å². The highest BCUT2D eigenvalue weighted by atomic mass is 16.5. The van der Waals surface area contributed by atoms with Crippen molar-refractivity contribution in [2.75, 3.05) is 46.0 Å². The van der Waals surface area contributed by atoms with Crippen molar-refractivity contribution >= 4 is 11.8 Å². The molecule has 3 aliphatic heterocycles. The average Bonchev–Trinajstić information content (AvgIpc) is 3.66. The molecule has 2 aliphatic carbocycles. The molecular formula is C31H41N5O4. The lowest BCUT2D eigenvalue weighted by Crippen LogP contribution is -2.38. The van der Waals surface area contributed by atoms with Gasteiger partial charge in [-0.3, -0.25) is 9.59 Å². The number of benzene rings is 1. The summed E-state index contributed by atoms with van der Waals surface area (Å²) in [7, 11) is 0. The Morgan fingerprint density at radius 1 is 0.900 bits per heavy atom. The standard InChI is InChI=1S/C31H41N5O4/c37-30(22-3-4-28-29(16-22)33-34-32-28)36-17-23-5-9-35(10-6-24(23)18-36)31(38)26-13-25(21-1-2-21)14-27(15-26)40-19-20-7-11-39-12-8-20/h13-15,20-24H,1-12,16-19H2,(H,32,33,34)/t22-,23-,24+/m1/s1. The Bertz CT molecular complexity index is 1220. The van der Waals surface area contributed by atoms with E-state index < -0.39 is 0 Å². The van der Waals surface area contributed by atoms with Gasteiger partial charge in [-0.2, -0.15) is 15.4 Å². The maximum atomic E-state index is 13.8. The van der Waals surface area contributed by atoms with Crippen molar-refractivity contribution < 1.29 is 19.1 Å². The number of amides is 2. The molecule has 5 aliphatic rings. The first-order chi connectivity index (χ1) is 19.6. The second-order valence-corrected chi connectivity index (χ2v) is 12.7. The predicted molar refractivity (Wildman–Crippen MR) is 148 cm³/mol. The van der Waals surface area contributed by atoms with Crippen LogP contribution in [0.1, 0.15) is 78.2 Å². The second kappa shape index (κ2) is 11.1. The fourth-order valence-electron chi connectivity index (χ4n) is 7.28. The summed E-state index contributed by atoms with van der Waals surface area (Å²) in [4.78, 5) is 31.3. The molecular weight excluding hydrogens is 506 g/mol. The first-order valence-corrected chi connectivity index (χ1v) is 15.4. The number of carbonyl (C=O) groups excluding carboxylic acids is 2. The molecule has 214 valence electrons. The van der Waals surface area contributed by atoms with Gasteiger partial charge in [-0.15, -0.1) is 0 Å². The molecule has 1 aromatic heterocycles. The zero-order valence-electron chi connectivity index (χ0n) is 23.4. The van der Waals surface area contributed by atoms with Gasteiger partial charge in [0, 0.05) is 57.3 Å². The van der Waals surface area contributed by atoms with E-state index in [0.717, 1.165) is 101 Å². The van der Waals surface area contributed by atoms with Crippen LogP contribution in [0, 0.1) is 23.7 Å². The molecule has 9 nitrogen and oxygen atoms in total. The van der Waals surface area contributed by atoms with Crippen LogP contribution in [0.5, 0.6) is 5.75 Å². The Labute approximate surface area is 236 Å². The van der Waals surface area contributed by atoms with Crippen LogP contribution in [-0.4, -0.2) is 83.0 Å². The summed E-state index contributed by atoms with van der Waals surface area (Å²) in [6.07, 6.45) is 8.74. The Hall–Kier alpha value is -2.94. The SMILES string of the molecule is O=C(c1cc(OCC2CCOCC2)cc(C2CC2)c1)N1CC[C@@H]2CN(C(=O)[C@@H]3CCc4n[nH]nc4C3)C[C@@H]2CC1. The van der Waals surface area contributed by atoms with Crippen LogP contribution in [0.25, 0.3) is 0 Å². The van der Waals surface area contributed by atoms with Gasteiger partial charge in [-0.1, -0.05) is 0 Å². The molecule has 4 fully saturated rings. The number of H-pyrrole nitrogens is 1. The molecule has 7 rings (SSSR count). The molecule has 0 unspecified atom stereocenters. The lowest BCUT2D eigenvalue weighted by molar-refractivity contribution is -0.135. The zero-order valence-corrected chi connectivity index (χ0v) is 23.4. The minimum Gasteiger partial charge on any atom is -0.493 e. The van der Waals surface area contributed by atoms with Gasteiger partial charge in [0.05, 0.1) is 18.0 Å².